The van der Waals surface area contributed by atoms with E-state index in [-0.39, 0.29) is 17.6 Å². The first-order chi connectivity index (χ1) is 12.2. The molecule has 1 N–H and O–H groups in total. The summed E-state index contributed by atoms with van der Waals surface area (Å²) < 4.78 is 14.8. The number of benzene rings is 1. The molecule has 0 aliphatic carbocycles. The van der Waals surface area contributed by atoms with Crippen molar-refractivity contribution in [3.05, 3.63) is 54.6 Å². The third-order valence-corrected chi connectivity index (χ3v) is 4.50. The number of fused-ring (bicyclic) bond motifs is 1. The second-order valence-corrected chi connectivity index (χ2v) is 6.19. The quantitative estimate of drug-likeness (QED) is 0.797. The minimum atomic E-state index is -0.317. The van der Waals surface area contributed by atoms with Crippen molar-refractivity contribution < 1.29 is 9.18 Å². The van der Waals surface area contributed by atoms with Gasteiger partial charge in [0.25, 0.3) is 0 Å². The molecule has 3 heterocycles. The zero-order valence-electron chi connectivity index (χ0n) is 13.6. The Hall–Kier alpha value is -2.96. The number of amides is 1. The molecule has 1 unspecified atom stereocenters. The standard InChI is InChI=1S/C18H18FN5O/c19-14-3-5-15(6-4-14)22-18(25)13-2-1-11-23(12-13)17-8-9-20-16-7-10-21-24(16)17/h3-10,13H,1-2,11-12H2,(H,22,25). The van der Waals surface area contributed by atoms with Gasteiger partial charge in [0.1, 0.15) is 11.6 Å². The Bertz CT molecular complexity index is 892. The van der Waals surface area contributed by atoms with Crippen LogP contribution < -0.4 is 10.2 Å². The fourth-order valence-corrected chi connectivity index (χ4v) is 3.24. The Balaban J connectivity index is 1.50. The molecule has 0 radical (unpaired) electrons. The van der Waals surface area contributed by atoms with Gasteiger partial charge in [0.2, 0.25) is 5.91 Å². The molecule has 1 amide bonds. The van der Waals surface area contributed by atoms with Gasteiger partial charge in [0, 0.05) is 31.0 Å². The van der Waals surface area contributed by atoms with E-state index in [4.69, 9.17) is 0 Å². The number of aromatic nitrogens is 3. The van der Waals surface area contributed by atoms with E-state index in [9.17, 15) is 9.18 Å². The Kier molecular flexibility index (Phi) is 4.05. The van der Waals surface area contributed by atoms with Crippen LogP contribution in [0.3, 0.4) is 0 Å². The number of rotatable bonds is 3. The van der Waals surface area contributed by atoms with Crippen molar-refractivity contribution in [1.82, 2.24) is 14.6 Å². The lowest BCUT2D eigenvalue weighted by molar-refractivity contribution is -0.120. The largest absolute Gasteiger partial charge is 0.356 e. The SMILES string of the molecule is O=C(Nc1ccc(F)cc1)C1CCCN(c2ccnc3ccnn23)C1. The molecule has 6 nitrogen and oxygen atoms in total. The maximum Gasteiger partial charge on any atom is 0.229 e. The van der Waals surface area contributed by atoms with E-state index in [0.29, 0.717) is 12.2 Å². The molecule has 3 aromatic rings. The molecule has 1 atom stereocenters. The average molecular weight is 339 g/mol. The fraction of sp³-hybridized carbons (Fsp3) is 0.278. The highest BCUT2D eigenvalue weighted by Crippen LogP contribution is 2.24. The summed E-state index contributed by atoms with van der Waals surface area (Å²) in [6, 6.07) is 9.60. The molecule has 1 saturated heterocycles. The van der Waals surface area contributed by atoms with E-state index < -0.39 is 0 Å². The summed E-state index contributed by atoms with van der Waals surface area (Å²) in [7, 11) is 0. The van der Waals surface area contributed by atoms with Crippen LogP contribution in [-0.4, -0.2) is 33.6 Å². The minimum Gasteiger partial charge on any atom is -0.356 e. The summed E-state index contributed by atoms with van der Waals surface area (Å²) in [5.41, 5.74) is 1.40. The van der Waals surface area contributed by atoms with E-state index in [1.54, 1.807) is 29.0 Å². The van der Waals surface area contributed by atoms with Crippen LogP contribution in [0.4, 0.5) is 15.9 Å². The number of anilines is 2. The van der Waals surface area contributed by atoms with Gasteiger partial charge in [0.15, 0.2) is 5.65 Å². The Morgan fingerprint density at radius 1 is 1.16 bits per heavy atom. The highest BCUT2D eigenvalue weighted by Gasteiger charge is 2.27. The average Bonchev–Trinajstić information content (AvgIpc) is 3.12. The summed E-state index contributed by atoms with van der Waals surface area (Å²) in [5, 5.41) is 7.19. The zero-order chi connectivity index (χ0) is 17.2. The fourth-order valence-electron chi connectivity index (χ4n) is 3.24. The molecule has 1 aliphatic rings. The molecule has 4 rings (SSSR count). The van der Waals surface area contributed by atoms with Gasteiger partial charge in [-0.15, -0.1) is 0 Å². The lowest BCUT2D eigenvalue weighted by Crippen LogP contribution is -2.41. The van der Waals surface area contributed by atoms with Gasteiger partial charge >= 0.3 is 0 Å². The van der Waals surface area contributed by atoms with Crippen LogP contribution in [-0.2, 0) is 4.79 Å². The molecule has 0 spiro atoms. The summed E-state index contributed by atoms with van der Waals surface area (Å²) in [6.45, 7) is 1.49. The molecule has 1 aliphatic heterocycles. The van der Waals surface area contributed by atoms with E-state index in [2.05, 4.69) is 20.3 Å². The molecule has 128 valence electrons. The van der Waals surface area contributed by atoms with Gasteiger partial charge in [-0.25, -0.2) is 9.37 Å². The highest BCUT2D eigenvalue weighted by atomic mass is 19.1. The van der Waals surface area contributed by atoms with E-state index in [0.717, 1.165) is 30.9 Å². The van der Waals surface area contributed by atoms with E-state index >= 15 is 0 Å². The third-order valence-electron chi connectivity index (χ3n) is 4.50. The molecule has 2 aromatic heterocycles. The van der Waals surface area contributed by atoms with E-state index in [1.165, 1.54) is 12.1 Å². The van der Waals surface area contributed by atoms with Crippen molar-refractivity contribution in [3.63, 3.8) is 0 Å². The monoisotopic (exact) mass is 339 g/mol. The van der Waals surface area contributed by atoms with Crippen molar-refractivity contribution in [2.75, 3.05) is 23.3 Å². The summed E-state index contributed by atoms with van der Waals surface area (Å²) >= 11 is 0. The third kappa shape index (κ3) is 3.17. The van der Waals surface area contributed by atoms with Crippen LogP contribution in [0.25, 0.3) is 5.65 Å². The predicted molar refractivity (Wildman–Crippen MR) is 93.0 cm³/mol. The van der Waals surface area contributed by atoms with Gasteiger partial charge in [-0.2, -0.15) is 9.61 Å². The maximum absolute atomic E-state index is 13.0. The van der Waals surface area contributed by atoms with E-state index in [1.807, 2.05) is 12.1 Å². The first kappa shape index (κ1) is 15.6. The van der Waals surface area contributed by atoms with Crippen molar-refractivity contribution in [2.24, 2.45) is 5.92 Å². The van der Waals surface area contributed by atoms with Crippen molar-refractivity contribution in [3.8, 4) is 0 Å². The number of nitrogens with zero attached hydrogens (tertiary/aromatic N) is 4. The summed E-state index contributed by atoms with van der Waals surface area (Å²) in [5.74, 6) is 0.455. The van der Waals surface area contributed by atoms with Crippen molar-refractivity contribution in [1.29, 1.82) is 0 Å². The van der Waals surface area contributed by atoms with Crippen molar-refractivity contribution >= 4 is 23.1 Å². The normalized spacial score (nSPS) is 17.6. The van der Waals surface area contributed by atoms with Crippen LogP contribution >= 0.6 is 0 Å². The van der Waals surface area contributed by atoms with Gasteiger partial charge < -0.3 is 10.2 Å². The lowest BCUT2D eigenvalue weighted by Gasteiger charge is -2.33. The molecule has 7 heteroatoms. The highest BCUT2D eigenvalue weighted by molar-refractivity contribution is 5.93. The summed E-state index contributed by atoms with van der Waals surface area (Å²) in [4.78, 5) is 19.0. The first-order valence-corrected chi connectivity index (χ1v) is 8.31. The van der Waals surface area contributed by atoms with Gasteiger partial charge in [-0.1, -0.05) is 0 Å². The topological polar surface area (TPSA) is 62.5 Å². The Morgan fingerprint density at radius 2 is 2.00 bits per heavy atom. The number of carbonyl (C=O) groups excluding carboxylic acids is 1. The first-order valence-electron chi connectivity index (χ1n) is 8.31. The van der Waals surface area contributed by atoms with Gasteiger partial charge in [0.05, 0.1) is 12.1 Å². The maximum atomic E-state index is 13.0. The number of carbonyl (C=O) groups is 1. The zero-order valence-corrected chi connectivity index (χ0v) is 13.6. The second kappa shape index (κ2) is 6.51. The van der Waals surface area contributed by atoms with Crippen LogP contribution in [0.1, 0.15) is 12.8 Å². The number of halogens is 1. The molecule has 0 saturated carbocycles. The number of hydrogen-bond acceptors (Lipinski definition) is 4. The predicted octanol–water partition coefficient (Wildman–Crippen LogP) is 2.72. The van der Waals surface area contributed by atoms with Crippen molar-refractivity contribution in [2.45, 2.75) is 12.8 Å². The van der Waals surface area contributed by atoms with Crippen LogP contribution in [0.5, 0.6) is 0 Å². The van der Waals surface area contributed by atoms with Crippen LogP contribution in [0.2, 0.25) is 0 Å². The number of nitrogens with one attached hydrogen (secondary N) is 1. The Morgan fingerprint density at radius 3 is 2.84 bits per heavy atom. The molecule has 1 fully saturated rings. The summed E-state index contributed by atoms with van der Waals surface area (Å²) in [6.07, 6.45) is 5.23. The minimum absolute atomic E-state index is 0.0397. The molecule has 0 bridgehead atoms. The molecule has 25 heavy (non-hydrogen) atoms. The lowest BCUT2D eigenvalue weighted by atomic mass is 9.97. The van der Waals surface area contributed by atoms with Gasteiger partial charge in [-0.3, -0.25) is 4.79 Å². The Labute approximate surface area is 144 Å². The number of hydrogen-bond donors (Lipinski definition) is 1. The van der Waals surface area contributed by atoms with Gasteiger partial charge in [-0.05, 0) is 43.2 Å². The van der Waals surface area contributed by atoms with Crippen LogP contribution in [0.15, 0.2) is 48.8 Å². The smallest absolute Gasteiger partial charge is 0.229 e. The molecular weight excluding hydrogens is 321 g/mol. The molecular formula is C18H18FN5O. The number of piperidine rings is 1. The second-order valence-electron chi connectivity index (χ2n) is 6.19. The van der Waals surface area contributed by atoms with Crippen LogP contribution in [0, 0.1) is 11.7 Å². The molecule has 1 aromatic carbocycles.